The predicted molar refractivity (Wildman–Crippen MR) is 109 cm³/mol. The van der Waals surface area contributed by atoms with Crippen molar-refractivity contribution in [3.05, 3.63) is 22.6 Å². The molecule has 0 radical (unpaired) electrons. The molecule has 2 fully saturated rings. The van der Waals surface area contributed by atoms with Crippen LogP contribution in [-0.4, -0.2) is 38.1 Å². The third-order valence-electron chi connectivity index (χ3n) is 5.83. The molecule has 8 heteroatoms. The van der Waals surface area contributed by atoms with Crippen molar-refractivity contribution in [2.24, 2.45) is 11.8 Å². The van der Waals surface area contributed by atoms with Crippen LogP contribution in [-0.2, 0) is 0 Å². The number of fused-ring (bicyclic) bond motifs is 2. The Morgan fingerprint density at radius 3 is 2.39 bits per heavy atom. The second-order valence-electron chi connectivity index (χ2n) is 7.40. The van der Waals surface area contributed by atoms with E-state index in [1.54, 1.807) is 12.1 Å². The molecule has 28 heavy (non-hydrogen) atoms. The molecular weight excluding hydrogens is 378 g/mol. The largest absolute Gasteiger partial charge is 0.493 e. The summed E-state index contributed by atoms with van der Waals surface area (Å²) in [5.41, 5.74) is 6.49. The number of aromatic nitrogens is 1. The SMILES string of the molecule is COc1cc(C(=O)c2sc(N[C@H]3CC4CCC3C4)nc2N)cc(OC)c1OC. The lowest BCUT2D eigenvalue weighted by Crippen LogP contribution is -2.25. The van der Waals surface area contributed by atoms with Crippen LogP contribution in [0.15, 0.2) is 12.1 Å². The molecule has 1 aromatic heterocycles. The van der Waals surface area contributed by atoms with E-state index in [0.717, 1.165) is 5.92 Å². The van der Waals surface area contributed by atoms with Gasteiger partial charge in [0, 0.05) is 11.6 Å². The lowest BCUT2D eigenvalue weighted by molar-refractivity contribution is 0.104. The van der Waals surface area contributed by atoms with Gasteiger partial charge in [0.05, 0.1) is 21.3 Å². The minimum absolute atomic E-state index is 0.213. The Balaban J connectivity index is 1.59. The van der Waals surface area contributed by atoms with Gasteiger partial charge in [0.15, 0.2) is 16.6 Å². The number of carbonyl (C=O) groups is 1. The summed E-state index contributed by atoms with van der Waals surface area (Å²) >= 11 is 1.30. The van der Waals surface area contributed by atoms with Gasteiger partial charge in [-0.25, -0.2) is 4.98 Å². The number of nitrogens with zero attached hydrogens (tertiary/aromatic N) is 1. The fraction of sp³-hybridized carbons (Fsp3) is 0.500. The molecule has 2 aromatic rings. The van der Waals surface area contributed by atoms with Crippen molar-refractivity contribution in [3.8, 4) is 17.2 Å². The molecule has 2 unspecified atom stereocenters. The zero-order valence-corrected chi connectivity index (χ0v) is 17.1. The molecule has 1 heterocycles. The van der Waals surface area contributed by atoms with Crippen LogP contribution in [0.3, 0.4) is 0 Å². The molecule has 4 rings (SSSR count). The Bertz CT molecular complexity index is 873. The fourth-order valence-corrected chi connectivity index (χ4v) is 5.39. The number of methoxy groups -OCH3 is 3. The highest BCUT2D eigenvalue weighted by molar-refractivity contribution is 7.18. The van der Waals surface area contributed by atoms with E-state index in [2.05, 4.69) is 10.3 Å². The van der Waals surface area contributed by atoms with Crippen molar-refractivity contribution >= 4 is 28.1 Å². The van der Waals surface area contributed by atoms with E-state index in [-0.39, 0.29) is 11.6 Å². The van der Waals surface area contributed by atoms with Crippen LogP contribution < -0.4 is 25.3 Å². The van der Waals surface area contributed by atoms with Crippen molar-refractivity contribution in [2.45, 2.75) is 31.7 Å². The van der Waals surface area contributed by atoms with E-state index < -0.39 is 0 Å². The zero-order chi connectivity index (χ0) is 19.8. The Morgan fingerprint density at radius 1 is 1.14 bits per heavy atom. The van der Waals surface area contributed by atoms with Gasteiger partial charge in [-0.15, -0.1) is 0 Å². The molecule has 7 nitrogen and oxygen atoms in total. The van der Waals surface area contributed by atoms with E-state index in [4.69, 9.17) is 19.9 Å². The molecule has 0 aliphatic heterocycles. The summed E-state index contributed by atoms with van der Waals surface area (Å²) in [6, 6.07) is 3.70. The molecule has 3 N–H and O–H groups in total. The molecule has 0 spiro atoms. The number of ketones is 1. The number of ether oxygens (including phenoxy) is 3. The fourth-order valence-electron chi connectivity index (χ4n) is 4.48. The Hall–Kier alpha value is -2.48. The summed E-state index contributed by atoms with van der Waals surface area (Å²) in [6.45, 7) is 0. The van der Waals surface area contributed by atoms with Crippen LogP contribution in [0.4, 0.5) is 10.9 Å². The monoisotopic (exact) mass is 403 g/mol. The highest BCUT2D eigenvalue weighted by Gasteiger charge is 2.39. The van der Waals surface area contributed by atoms with Crippen LogP contribution in [0.5, 0.6) is 17.2 Å². The number of rotatable bonds is 7. The smallest absolute Gasteiger partial charge is 0.207 e. The van der Waals surface area contributed by atoms with E-state index in [0.29, 0.717) is 44.8 Å². The molecule has 2 saturated carbocycles. The van der Waals surface area contributed by atoms with Gasteiger partial charge < -0.3 is 25.3 Å². The van der Waals surface area contributed by atoms with Crippen molar-refractivity contribution < 1.29 is 19.0 Å². The van der Waals surface area contributed by atoms with E-state index in [1.165, 1.54) is 58.3 Å². The average molecular weight is 404 g/mol. The first-order valence-corrected chi connectivity index (χ1v) is 10.2. The third-order valence-corrected chi connectivity index (χ3v) is 6.83. The predicted octanol–water partition coefficient (Wildman–Crippen LogP) is 3.58. The molecule has 2 bridgehead atoms. The summed E-state index contributed by atoms with van der Waals surface area (Å²) in [7, 11) is 4.56. The first-order chi connectivity index (χ1) is 13.5. The summed E-state index contributed by atoms with van der Waals surface area (Å²) in [4.78, 5) is 17.9. The third kappa shape index (κ3) is 3.26. The number of hydrogen-bond acceptors (Lipinski definition) is 8. The second kappa shape index (κ2) is 7.50. The lowest BCUT2D eigenvalue weighted by atomic mass is 9.96. The number of carbonyl (C=O) groups excluding carboxylic acids is 1. The summed E-state index contributed by atoms with van der Waals surface area (Å²) in [5.74, 6) is 2.87. The number of nitrogen functional groups attached to an aromatic ring is 1. The van der Waals surface area contributed by atoms with Gasteiger partial charge in [-0.05, 0) is 43.2 Å². The number of hydrogen-bond donors (Lipinski definition) is 2. The van der Waals surface area contributed by atoms with Crippen LogP contribution in [0.2, 0.25) is 0 Å². The first-order valence-electron chi connectivity index (χ1n) is 9.41. The normalized spacial score (nSPS) is 22.9. The minimum Gasteiger partial charge on any atom is -0.493 e. The van der Waals surface area contributed by atoms with Crippen molar-refractivity contribution in [1.29, 1.82) is 0 Å². The standard InChI is InChI=1S/C20H25N3O4S/c1-25-14-8-12(9-15(26-2)17(14)27-3)16(24)18-19(21)23-20(28-18)22-13-7-10-4-5-11(13)6-10/h8-11,13H,4-7,21H2,1-3H3,(H,22,23)/t10?,11?,13-/m0/s1. The lowest BCUT2D eigenvalue weighted by Gasteiger charge is -2.22. The van der Waals surface area contributed by atoms with Gasteiger partial charge >= 0.3 is 0 Å². The van der Waals surface area contributed by atoms with Gasteiger partial charge in [0.25, 0.3) is 0 Å². The molecule has 0 saturated heterocycles. The van der Waals surface area contributed by atoms with Crippen molar-refractivity contribution in [2.75, 3.05) is 32.4 Å². The molecular formula is C20H25N3O4S. The highest BCUT2D eigenvalue weighted by atomic mass is 32.1. The Labute approximate surface area is 168 Å². The van der Waals surface area contributed by atoms with Crippen LogP contribution >= 0.6 is 11.3 Å². The molecule has 150 valence electrons. The maximum Gasteiger partial charge on any atom is 0.207 e. The average Bonchev–Trinajstić information content (AvgIpc) is 3.42. The number of anilines is 2. The highest BCUT2D eigenvalue weighted by Crippen LogP contribution is 2.46. The van der Waals surface area contributed by atoms with Gasteiger partial charge in [-0.1, -0.05) is 17.8 Å². The molecule has 0 amide bonds. The van der Waals surface area contributed by atoms with E-state index >= 15 is 0 Å². The number of nitrogens with two attached hydrogens (primary N) is 1. The topological polar surface area (TPSA) is 95.7 Å². The first kappa shape index (κ1) is 18.9. The maximum atomic E-state index is 13.1. The molecule has 2 aliphatic rings. The quantitative estimate of drug-likeness (QED) is 0.682. The Kier molecular flexibility index (Phi) is 5.05. The van der Waals surface area contributed by atoms with Gasteiger partial charge in [-0.2, -0.15) is 0 Å². The molecule has 3 atom stereocenters. The van der Waals surface area contributed by atoms with E-state index in [9.17, 15) is 4.79 Å². The van der Waals surface area contributed by atoms with Crippen molar-refractivity contribution in [1.82, 2.24) is 4.98 Å². The van der Waals surface area contributed by atoms with Crippen LogP contribution in [0.1, 0.15) is 40.9 Å². The van der Waals surface area contributed by atoms with Gasteiger partial charge in [-0.3, -0.25) is 4.79 Å². The number of benzene rings is 1. The summed E-state index contributed by atoms with van der Waals surface area (Å²) in [5, 5.41) is 4.22. The number of nitrogens with one attached hydrogen (secondary N) is 1. The van der Waals surface area contributed by atoms with Gasteiger partial charge in [0.1, 0.15) is 10.7 Å². The maximum absolute atomic E-state index is 13.1. The van der Waals surface area contributed by atoms with Gasteiger partial charge in [0.2, 0.25) is 11.5 Å². The van der Waals surface area contributed by atoms with Crippen LogP contribution in [0, 0.1) is 11.8 Å². The van der Waals surface area contributed by atoms with Crippen LogP contribution in [0.25, 0.3) is 0 Å². The second-order valence-corrected chi connectivity index (χ2v) is 8.40. The van der Waals surface area contributed by atoms with Crippen molar-refractivity contribution in [3.63, 3.8) is 0 Å². The molecule has 1 aromatic carbocycles. The molecule has 2 aliphatic carbocycles. The zero-order valence-electron chi connectivity index (χ0n) is 16.3. The summed E-state index contributed by atoms with van der Waals surface area (Å²) < 4.78 is 16.0. The Morgan fingerprint density at radius 2 is 1.86 bits per heavy atom. The van der Waals surface area contributed by atoms with E-state index in [1.807, 2.05) is 0 Å². The summed E-state index contributed by atoms with van der Waals surface area (Å²) in [6.07, 6.45) is 5.10. The minimum atomic E-state index is -0.213. The number of thiazole rings is 1.